The maximum absolute atomic E-state index is 15.9. The molecule has 2 bridgehead atoms. The smallest absolute Gasteiger partial charge is 0.350 e. The van der Waals surface area contributed by atoms with Crippen LogP contribution in [-0.2, 0) is 61.9 Å². The second kappa shape index (κ2) is 38.4. The minimum absolute atomic E-state index is 0.0359. The second-order valence-corrected chi connectivity index (χ2v) is 31.4. The molecule has 0 radical (unpaired) electrons. The van der Waals surface area contributed by atoms with E-state index in [1.54, 1.807) is 104 Å². The maximum Gasteiger partial charge on any atom is 0.350 e. The third kappa shape index (κ3) is 21.4. The van der Waals surface area contributed by atoms with Gasteiger partial charge in [-0.2, -0.15) is 0 Å². The van der Waals surface area contributed by atoms with E-state index < -0.39 is 119 Å². The molecule has 4 aliphatic rings. The molecule has 3 aliphatic carbocycles. The Hall–Kier alpha value is -7.36. The molecule has 7 rings (SSSR count). The van der Waals surface area contributed by atoms with Crippen molar-refractivity contribution in [1.82, 2.24) is 5.32 Å². The van der Waals surface area contributed by atoms with Crippen LogP contribution < -0.4 is 5.32 Å². The Morgan fingerprint density at radius 2 is 1.17 bits per heavy atom. The van der Waals surface area contributed by atoms with Crippen molar-refractivity contribution in [3.63, 3.8) is 0 Å². The largest absolute Gasteiger partial charge is 0.466 e. The van der Waals surface area contributed by atoms with E-state index in [0.29, 0.717) is 36.5 Å². The van der Waals surface area contributed by atoms with Crippen LogP contribution >= 0.6 is 21.6 Å². The van der Waals surface area contributed by atoms with E-state index in [2.05, 4.69) is 77.2 Å². The topological polar surface area (TPSA) is 254 Å². The highest BCUT2D eigenvalue weighted by Gasteiger charge is 2.78. The van der Waals surface area contributed by atoms with E-state index in [4.69, 9.17) is 33.2 Å². The number of benzene rings is 3. The number of carbonyl (C=O) groups is 8. The van der Waals surface area contributed by atoms with Gasteiger partial charge >= 0.3 is 35.8 Å². The number of aliphatic hydroxyl groups is 2. The normalized spacial score (nSPS) is 24.6. The van der Waals surface area contributed by atoms with E-state index >= 15 is 9.59 Å². The minimum atomic E-state index is -2.48. The summed E-state index contributed by atoms with van der Waals surface area (Å²) in [5.74, 6) is -6.91. The number of aliphatic hydroxyl groups excluding tert-OH is 1. The second-order valence-electron chi connectivity index (χ2n) is 28.7. The molecule has 1 amide bonds. The van der Waals surface area contributed by atoms with Crippen molar-refractivity contribution in [2.45, 2.75) is 240 Å². The highest BCUT2D eigenvalue weighted by atomic mass is 33.1. The van der Waals surface area contributed by atoms with E-state index in [1.807, 2.05) is 0 Å². The number of ether oxygens (including phenoxy) is 7. The molecule has 20 heteroatoms. The molecule has 0 aromatic heterocycles. The fourth-order valence-electron chi connectivity index (χ4n) is 14.5. The summed E-state index contributed by atoms with van der Waals surface area (Å²) < 4.78 is 42.9. The van der Waals surface area contributed by atoms with Crippen LogP contribution in [0.25, 0.3) is 0 Å². The number of fused-ring (bicyclic) bond motifs is 5. The van der Waals surface area contributed by atoms with Crippen LogP contribution in [0, 0.1) is 16.7 Å². The first-order valence-electron chi connectivity index (χ1n) is 35.9. The first kappa shape index (κ1) is 81.9. The molecule has 2 saturated carbocycles. The number of allylic oxidation sites excluding steroid dienone is 10. The van der Waals surface area contributed by atoms with Gasteiger partial charge in [0.1, 0.15) is 30.0 Å². The molecule has 0 unspecified atom stereocenters. The Balaban J connectivity index is 0.992. The average molecular weight is 1440 g/mol. The number of hydrogen-bond acceptors (Lipinski definition) is 19. The molecular formula is C82H107NO17S2. The van der Waals surface area contributed by atoms with Crippen LogP contribution in [0.15, 0.2) is 160 Å². The summed E-state index contributed by atoms with van der Waals surface area (Å²) in [6.45, 7) is 21.4. The molecule has 11 atom stereocenters. The van der Waals surface area contributed by atoms with Gasteiger partial charge in [-0.3, -0.25) is 28.8 Å². The van der Waals surface area contributed by atoms with Gasteiger partial charge in [0, 0.05) is 62.0 Å². The monoisotopic (exact) mass is 1440 g/mol. The Kier molecular flexibility index (Phi) is 30.9. The Bertz CT molecular complexity index is 3590. The quantitative estimate of drug-likeness (QED) is 0.0161. The molecule has 18 nitrogen and oxygen atoms in total. The molecule has 3 N–H and O–H groups in total. The maximum atomic E-state index is 15.9. The average Bonchev–Trinajstić information content (AvgIpc) is 0.669. The molecule has 3 aromatic carbocycles. The fraction of sp³-hybridized carbons (Fsp3) is 0.537. The molecule has 3 aromatic rings. The number of rotatable bonds is 36. The standard InChI is InChI=1S/C82H107NO17S2/c1-53(2)30-24-33-56(5)36-25-34-54(3)31-22-23-32-55(4)35-26-37-57(6)38-27-47-94-67(87)45-28-48-101-102-49-29-46-68(88)98-72(70(61-39-16-13-17-40-61)83-76(90)62-41-18-14-19-42-62)78(92)97-64-51-82(93)75(99-77(91)63-43-20-15-21-44-63)73-80(12,65(86)50-66-81(73,52-95-66)100-60(9)85)74(89)71(96-59(8)84)69(58(64)7)79(82,10)11/h13-21,30-32,36-37,39-44,64-66,70-73,75,86,93H,22-29,33-35,38,45-52H2,1-12H3,(H,83,90)/b54-31+,55-32+,56-36+,57-37+/t64-,65-,66+,70-,71+,72+,73-,75-,80+,81-,82+/m0/s1. The van der Waals surface area contributed by atoms with Crippen molar-refractivity contribution in [2.75, 3.05) is 24.7 Å². The van der Waals surface area contributed by atoms with E-state index in [-0.39, 0.29) is 54.1 Å². The number of carbonyl (C=O) groups excluding carboxylic acids is 8. The lowest BCUT2D eigenvalue weighted by atomic mass is 9.44. The molecule has 102 heavy (non-hydrogen) atoms. The number of unbranched alkanes of at least 4 members (excludes halogenated alkanes) is 1. The van der Waals surface area contributed by atoms with Gasteiger partial charge in [0.15, 0.2) is 17.5 Å². The lowest BCUT2D eigenvalue weighted by Gasteiger charge is -2.67. The zero-order valence-electron chi connectivity index (χ0n) is 61.6. The van der Waals surface area contributed by atoms with E-state index in [9.17, 15) is 39.0 Å². The molecule has 0 spiro atoms. The fourth-order valence-corrected chi connectivity index (χ4v) is 16.7. The van der Waals surface area contributed by atoms with Crippen molar-refractivity contribution >= 4 is 69.1 Å². The Morgan fingerprint density at radius 1 is 0.637 bits per heavy atom. The predicted octanol–water partition coefficient (Wildman–Crippen LogP) is 15.4. The van der Waals surface area contributed by atoms with Crippen molar-refractivity contribution in [3.8, 4) is 0 Å². The van der Waals surface area contributed by atoms with Gasteiger partial charge in [-0.15, -0.1) is 0 Å². The van der Waals surface area contributed by atoms with E-state index in [1.165, 1.54) is 64.6 Å². The number of hydrogen-bond donors (Lipinski definition) is 3. The summed E-state index contributed by atoms with van der Waals surface area (Å²) in [7, 11) is 3.06. The third-order valence-electron chi connectivity index (χ3n) is 20.3. The van der Waals surface area contributed by atoms with Gasteiger partial charge in [-0.1, -0.05) is 160 Å². The molecule has 1 aliphatic heterocycles. The van der Waals surface area contributed by atoms with Gasteiger partial charge in [-0.25, -0.2) is 9.59 Å². The van der Waals surface area contributed by atoms with Crippen LogP contribution in [0.4, 0.5) is 0 Å². The van der Waals surface area contributed by atoms with Gasteiger partial charge in [-0.05, 0) is 173 Å². The highest BCUT2D eigenvalue weighted by molar-refractivity contribution is 8.76. The number of nitrogens with one attached hydrogen (secondary N) is 1. The summed E-state index contributed by atoms with van der Waals surface area (Å²) in [6, 6.07) is 23.0. The van der Waals surface area contributed by atoms with Gasteiger partial charge in [0.05, 0.1) is 36.2 Å². The molecule has 3 fully saturated rings. The summed E-state index contributed by atoms with van der Waals surface area (Å²) in [6.07, 6.45) is 12.0. The van der Waals surface area contributed by atoms with Crippen molar-refractivity contribution in [1.29, 1.82) is 0 Å². The van der Waals surface area contributed by atoms with E-state index in [0.717, 1.165) is 78.1 Å². The summed E-state index contributed by atoms with van der Waals surface area (Å²) in [5, 5.41) is 29.4. The number of Topliss-reactive ketones (excluding diaryl/α,β-unsaturated/α-hetero) is 1. The summed E-state index contributed by atoms with van der Waals surface area (Å²) in [4.78, 5) is 114. The van der Waals surface area contributed by atoms with Crippen molar-refractivity contribution in [3.05, 3.63) is 177 Å². The lowest BCUT2D eigenvalue weighted by Crippen LogP contribution is -2.82. The zero-order chi connectivity index (χ0) is 74.4. The Morgan fingerprint density at radius 3 is 1.71 bits per heavy atom. The van der Waals surface area contributed by atoms with Gasteiger partial charge < -0.3 is 48.7 Å². The number of amides is 1. The van der Waals surface area contributed by atoms with Gasteiger partial charge in [0.2, 0.25) is 6.10 Å². The molecule has 1 saturated heterocycles. The first-order chi connectivity index (χ1) is 48.5. The highest BCUT2D eigenvalue weighted by Crippen LogP contribution is 2.64. The predicted molar refractivity (Wildman–Crippen MR) is 397 cm³/mol. The third-order valence-corrected chi connectivity index (χ3v) is 22.9. The van der Waals surface area contributed by atoms with Crippen LogP contribution in [0.5, 0.6) is 0 Å². The minimum Gasteiger partial charge on any atom is -0.466 e. The summed E-state index contributed by atoms with van der Waals surface area (Å²) in [5.41, 5.74) is -0.477. The Labute approximate surface area is 611 Å². The number of ketones is 1. The number of esters is 6. The van der Waals surface area contributed by atoms with Crippen LogP contribution in [0.1, 0.15) is 218 Å². The molecular weight excluding hydrogens is 1340 g/mol. The lowest BCUT2D eigenvalue weighted by molar-refractivity contribution is -0.346. The zero-order valence-corrected chi connectivity index (χ0v) is 63.3. The van der Waals surface area contributed by atoms with Crippen molar-refractivity contribution < 1.29 is 81.7 Å². The van der Waals surface area contributed by atoms with Crippen LogP contribution in [0.3, 0.4) is 0 Å². The summed E-state index contributed by atoms with van der Waals surface area (Å²) >= 11 is 0. The van der Waals surface area contributed by atoms with Crippen LogP contribution in [0.2, 0.25) is 0 Å². The van der Waals surface area contributed by atoms with Crippen molar-refractivity contribution in [2.24, 2.45) is 16.7 Å². The molecule has 554 valence electrons. The van der Waals surface area contributed by atoms with Crippen LogP contribution in [-0.4, -0.2) is 130 Å². The first-order valence-corrected chi connectivity index (χ1v) is 38.4. The molecule has 1 heterocycles. The SMILES string of the molecule is CC(=O)O[C@H]1C(=O)[C@@]2(C)[C@H]([C@H](OC(=O)c3ccccc3)[C@]3(O)C[C@H](OC(=O)[C@H](OC(=O)CCCSSCCCC(=O)OCCC/C(C)=C/CC/C(C)=C/CC/C=C(\C)CC/C=C(\C)CCC=C(C)C)[C@@H](NC(=O)c4ccccc4)c4ccccc4)C(C)=C1C3(C)C)[C@]1(OC(C)=O)CO[C@@H]1C[C@@H]2O. The van der Waals surface area contributed by atoms with Gasteiger partial charge in [0.25, 0.3) is 5.91 Å².